The second kappa shape index (κ2) is 5.26. The zero-order chi connectivity index (χ0) is 13.9. The number of hydrogen-bond acceptors (Lipinski definition) is 6. The number of rotatable bonds is 3. The van der Waals surface area contributed by atoms with Gasteiger partial charge < -0.3 is 10.1 Å². The number of thiophene rings is 1. The van der Waals surface area contributed by atoms with Crippen molar-refractivity contribution in [2.24, 2.45) is 0 Å². The van der Waals surface area contributed by atoms with E-state index in [0.717, 1.165) is 15.8 Å². The fourth-order valence-corrected chi connectivity index (χ4v) is 2.86. The van der Waals surface area contributed by atoms with Gasteiger partial charge in [-0.15, -0.1) is 11.3 Å². The van der Waals surface area contributed by atoms with Gasteiger partial charge in [0.25, 0.3) is 0 Å². The van der Waals surface area contributed by atoms with Crippen molar-refractivity contribution in [3.8, 4) is 0 Å². The third-order valence-electron chi connectivity index (χ3n) is 2.76. The predicted molar refractivity (Wildman–Crippen MR) is 78.5 cm³/mol. The Kier molecular flexibility index (Phi) is 3.30. The van der Waals surface area contributed by atoms with Crippen LogP contribution in [0.25, 0.3) is 10.1 Å². The van der Waals surface area contributed by atoms with Gasteiger partial charge in [-0.25, -0.2) is 14.8 Å². The van der Waals surface area contributed by atoms with E-state index in [0.29, 0.717) is 10.8 Å². The van der Waals surface area contributed by atoms with Crippen LogP contribution in [0.5, 0.6) is 0 Å². The number of carbonyl (C=O) groups is 1. The second-order valence-electron chi connectivity index (χ2n) is 4.02. The number of nitrogens with one attached hydrogen (secondary N) is 1. The normalized spacial score (nSPS) is 10.4. The maximum absolute atomic E-state index is 11.6. The van der Waals surface area contributed by atoms with Gasteiger partial charge in [0.2, 0.25) is 5.95 Å². The van der Waals surface area contributed by atoms with Gasteiger partial charge in [-0.2, -0.15) is 0 Å². The monoisotopic (exact) mass is 285 g/mol. The molecule has 0 unspecified atom stereocenters. The van der Waals surface area contributed by atoms with Gasteiger partial charge in [0.15, 0.2) is 0 Å². The van der Waals surface area contributed by atoms with Gasteiger partial charge in [-0.05, 0) is 24.3 Å². The predicted octanol–water partition coefficient (Wildman–Crippen LogP) is 3.22. The molecule has 0 aliphatic heterocycles. The first-order valence-corrected chi connectivity index (χ1v) is 6.74. The summed E-state index contributed by atoms with van der Waals surface area (Å²) in [5.74, 6) is 0.193. The third-order valence-corrected chi connectivity index (χ3v) is 3.84. The van der Waals surface area contributed by atoms with Crippen LogP contribution in [0.3, 0.4) is 0 Å². The lowest BCUT2D eigenvalue weighted by atomic mass is 10.2. The summed E-state index contributed by atoms with van der Waals surface area (Å²) in [5.41, 5.74) is 0.861. The maximum atomic E-state index is 11.6. The highest BCUT2D eigenvalue weighted by molar-refractivity contribution is 7.20. The molecule has 100 valence electrons. The van der Waals surface area contributed by atoms with Crippen LogP contribution in [0.2, 0.25) is 0 Å². The lowest BCUT2D eigenvalue weighted by Crippen LogP contribution is -1.97. The molecule has 0 amide bonds. The van der Waals surface area contributed by atoms with Crippen molar-refractivity contribution in [2.75, 3.05) is 12.4 Å². The van der Waals surface area contributed by atoms with Gasteiger partial charge in [-0.3, -0.25) is 0 Å². The molecule has 20 heavy (non-hydrogen) atoms. The number of methoxy groups -OCH3 is 1. The number of esters is 1. The fourth-order valence-electron chi connectivity index (χ4n) is 1.86. The molecule has 0 aliphatic carbocycles. The summed E-state index contributed by atoms with van der Waals surface area (Å²) >= 11 is 1.40. The quantitative estimate of drug-likeness (QED) is 0.748. The molecular weight excluding hydrogens is 274 g/mol. The van der Waals surface area contributed by atoms with Crippen LogP contribution in [0, 0.1) is 0 Å². The van der Waals surface area contributed by atoms with Crippen molar-refractivity contribution in [2.45, 2.75) is 0 Å². The third kappa shape index (κ3) is 2.33. The van der Waals surface area contributed by atoms with Crippen LogP contribution < -0.4 is 5.32 Å². The molecule has 0 radical (unpaired) electrons. The Labute approximate surface area is 119 Å². The molecule has 1 aromatic carbocycles. The zero-order valence-electron chi connectivity index (χ0n) is 10.7. The standard InChI is InChI=1S/C14H11N3O2S/c1-19-13(18)12-8-9-10(4-2-5-11(9)20-12)17-14-15-6-3-7-16-14/h2-8H,1H3,(H,15,16,17). The van der Waals surface area contributed by atoms with Crippen LogP contribution in [0.4, 0.5) is 11.6 Å². The Morgan fingerprint density at radius 2 is 2.05 bits per heavy atom. The molecule has 0 aliphatic rings. The highest BCUT2D eigenvalue weighted by Crippen LogP contribution is 2.32. The molecule has 3 rings (SSSR count). The Hall–Kier alpha value is -2.47. The van der Waals surface area contributed by atoms with Crippen LogP contribution in [-0.2, 0) is 4.74 Å². The van der Waals surface area contributed by atoms with Crippen molar-refractivity contribution < 1.29 is 9.53 Å². The van der Waals surface area contributed by atoms with E-state index in [2.05, 4.69) is 15.3 Å². The van der Waals surface area contributed by atoms with Gasteiger partial charge in [0, 0.05) is 28.2 Å². The van der Waals surface area contributed by atoms with Crippen molar-refractivity contribution in [3.63, 3.8) is 0 Å². The molecule has 0 saturated carbocycles. The molecule has 0 bridgehead atoms. The topological polar surface area (TPSA) is 64.1 Å². The number of hydrogen-bond donors (Lipinski definition) is 1. The number of ether oxygens (including phenoxy) is 1. The lowest BCUT2D eigenvalue weighted by molar-refractivity contribution is 0.0606. The van der Waals surface area contributed by atoms with E-state index in [1.54, 1.807) is 18.5 Å². The average Bonchev–Trinajstić information content (AvgIpc) is 2.93. The van der Waals surface area contributed by atoms with Crippen LogP contribution in [0.1, 0.15) is 9.67 Å². The van der Waals surface area contributed by atoms with Gasteiger partial charge in [-0.1, -0.05) is 6.07 Å². The molecule has 1 N–H and O–H groups in total. The van der Waals surface area contributed by atoms with Gasteiger partial charge in [0.05, 0.1) is 7.11 Å². The van der Waals surface area contributed by atoms with E-state index in [1.165, 1.54) is 18.4 Å². The molecule has 5 nitrogen and oxygen atoms in total. The van der Waals surface area contributed by atoms with E-state index in [1.807, 2.05) is 24.3 Å². The fraction of sp³-hybridized carbons (Fsp3) is 0.0714. The molecule has 0 spiro atoms. The molecule has 6 heteroatoms. The maximum Gasteiger partial charge on any atom is 0.348 e. The summed E-state index contributed by atoms with van der Waals surface area (Å²) in [7, 11) is 1.38. The number of nitrogens with zero attached hydrogens (tertiary/aromatic N) is 2. The molecular formula is C14H11N3O2S. The van der Waals surface area contributed by atoms with E-state index < -0.39 is 0 Å². The first-order valence-electron chi connectivity index (χ1n) is 5.93. The smallest absolute Gasteiger partial charge is 0.348 e. The van der Waals surface area contributed by atoms with Crippen LogP contribution >= 0.6 is 11.3 Å². The number of benzene rings is 1. The van der Waals surface area contributed by atoms with E-state index >= 15 is 0 Å². The van der Waals surface area contributed by atoms with Crippen LogP contribution in [0.15, 0.2) is 42.7 Å². The summed E-state index contributed by atoms with van der Waals surface area (Å²) in [6.45, 7) is 0. The Bertz CT molecular complexity index is 755. The number of aromatic nitrogens is 2. The van der Waals surface area contributed by atoms with Crippen molar-refractivity contribution in [1.82, 2.24) is 9.97 Å². The molecule has 0 saturated heterocycles. The summed E-state index contributed by atoms with van der Waals surface area (Å²) in [6.07, 6.45) is 3.34. The minimum absolute atomic E-state index is 0.326. The minimum atomic E-state index is -0.326. The highest BCUT2D eigenvalue weighted by Gasteiger charge is 2.12. The molecule has 2 aromatic heterocycles. The number of carbonyl (C=O) groups excluding carboxylic acids is 1. The summed E-state index contributed by atoms with van der Waals surface area (Å²) < 4.78 is 5.76. The second-order valence-corrected chi connectivity index (χ2v) is 5.10. The van der Waals surface area contributed by atoms with E-state index in [9.17, 15) is 4.79 Å². The molecule has 0 fully saturated rings. The van der Waals surface area contributed by atoms with Crippen molar-refractivity contribution >= 4 is 39.0 Å². The molecule has 0 atom stereocenters. The number of anilines is 2. The Morgan fingerprint density at radius 1 is 1.25 bits per heavy atom. The van der Waals surface area contributed by atoms with E-state index in [-0.39, 0.29) is 5.97 Å². The Morgan fingerprint density at radius 3 is 2.80 bits per heavy atom. The lowest BCUT2D eigenvalue weighted by Gasteiger charge is -2.05. The first kappa shape index (κ1) is 12.6. The number of fused-ring (bicyclic) bond motifs is 1. The first-order chi connectivity index (χ1) is 9.78. The minimum Gasteiger partial charge on any atom is -0.465 e. The van der Waals surface area contributed by atoms with Crippen molar-refractivity contribution in [1.29, 1.82) is 0 Å². The van der Waals surface area contributed by atoms with Gasteiger partial charge in [0.1, 0.15) is 4.88 Å². The highest BCUT2D eigenvalue weighted by atomic mass is 32.1. The van der Waals surface area contributed by atoms with Crippen molar-refractivity contribution in [3.05, 3.63) is 47.6 Å². The van der Waals surface area contributed by atoms with E-state index in [4.69, 9.17) is 4.74 Å². The SMILES string of the molecule is COC(=O)c1cc2c(Nc3ncccn3)cccc2s1. The van der Waals surface area contributed by atoms with Gasteiger partial charge >= 0.3 is 5.97 Å². The Balaban J connectivity index is 2.03. The summed E-state index contributed by atoms with van der Waals surface area (Å²) in [5, 5.41) is 4.10. The van der Waals surface area contributed by atoms with Crippen LogP contribution in [-0.4, -0.2) is 23.0 Å². The zero-order valence-corrected chi connectivity index (χ0v) is 11.5. The summed E-state index contributed by atoms with van der Waals surface area (Å²) in [4.78, 5) is 20.4. The molecule has 2 heterocycles. The molecule has 3 aromatic rings. The summed E-state index contributed by atoms with van der Waals surface area (Å²) in [6, 6.07) is 9.38. The largest absolute Gasteiger partial charge is 0.465 e. The average molecular weight is 285 g/mol.